The Balaban J connectivity index is 1.91. The Kier molecular flexibility index (Phi) is 6.12. The number of hydrogen-bond donors (Lipinski definition) is 1. The number of benzene rings is 1. The van der Waals surface area contributed by atoms with E-state index in [0.29, 0.717) is 12.1 Å². The summed E-state index contributed by atoms with van der Waals surface area (Å²) < 4.78 is 0. The molecule has 3 rings (SSSR count). The minimum absolute atomic E-state index is 0.422. The third-order valence-corrected chi connectivity index (χ3v) is 6.46. The predicted octanol–water partition coefficient (Wildman–Crippen LogP) is 3.94. The van der Waals surface area contributed by atoms with Crippen molar-refractivity contribution < 1.29 is 0 Å². The quantitative estimate of drug-likeness (QED) is 0.774. The maximum atomic E-state index is 4.08. The number of rotatable bonds is 6. The number of hydrogen-bond acceptors (Lipinski definition) is 1. The molecule has 0 saturated heterocycles. The van der Waals surface area contributed by atoms with Crippen molar-refractivity contribution in [3.05, 3.63) is 53.1 Å². The fourth-order valence-electron chi connectivity index (χ4n) is 4.30. The molecule has 0 aromatic heterocycles. The van der Waals surface area contributed by atoms with Gasteiger partial charge in [-0.25, -0.2) is 0 Å². The Hall–Kier alpha value is -1.12. The summed E-state index contributed by atoms with van der Waals surface area (Å²) in [5.41, 5.74) is 4.76. The van der Waals surface area contributed by atoms with Gasteiger partial charge in [-0.1, -0.05) is 74.7 Å². The first kappa shape index (κ1) is 17.7. The first-order chi connectivity index (χ1) is 11.6. The second-order valence-electron chi connectivity index (χ2n) is 8.05. The molecule has 1 fully saturated rings. The highest BCUT2D eigenvalue weighted by molar-refractivity contribution is 6.33. The zero-order chi connectivity index (χ0) is 16.9. The van der Waals surface area contributed by atoms with Gasteiger partial charge in [0.1, 0.15) is 0 Å². The average molecular weight is 340 g/mol. The van der Waals surface area contributed by atoms with E-state index in [1.807, 2.05) is 0 Å². The molecule has 2 heteroatoms. The van der Waals surface area contributed by atoms with Crippen LogP contribution >= 0.6 is 0 Å². The van der Waals surface area contributed by atoms with Crippen LogP contribution in [0.4, 0.5) is 0 Å². The Bertz CT molecular complexity index is 608. The lowest BCUT2D eigenvalue weighted by Gasteiger charge is -2.31. The van der Waals surface area contributed by atoms with Crippen LogP contribution in [0.15, 0.2) is 47.6 Å². The largest absolute Gasteiger partial charge is 0.304 e. The summed E-state index contributed by atoms with van der Waals surface area (Å²) in [6, 6.07) is 10.2. The van der Waals surface area contributed by atoms with Crippen LogP contribution in [0.5, 0.6) is 0 Å². The van der Waals surface area contributed by atoms with E-state index >= 15 is 0 Å². The molecule has 2 aliphatic rings. The number of nitrogens with one attached hydrogen (secondary N) is 1. The fourth-order valence-corrected chi connectivity index (χ4v) is 4.95. The van der Waals surface area contributed by atoms with Crippen molar-refractivity contribution in [1.29, 1.82) is 0 Å². The van der Waals surface area contributed by atoms with Gasteiger partial charge in [-0.2, -0.15) is 0 Å². The summed E-state index contributed by atoms with van der Waals surface area (Å²) >= 11 is 0. The van der Waals surface area contributed by atoms with E-state index < -0.39 is 0 Å². The molecule has 1 aromatic rings. The highest BCUT2D eigenvalue weighted by Crippen LogP contribution is 2.35. The lowest BCUT2D eigenvalue weighted by molar-refractivity contribution is 0.351. The van der Waals surface area contributed by atoms with Crippen LogP contribution in [0.3, 0.4) is 0 Å². The maximum absolute atomic E-state index is 4.08. The topological polar surface area (TPSA) is 12.0 Å². The Morgan fingerprint density at radius 2 is 1.88 bits per heavy atom. The molecule has 1 nitrogen and oxygen atoms in total. The second-order valence-corrected chi connectivity index (χ2v) is 9.12. The van der Waals surface area contributed by atoms with Crippen molar-refractivity contribution in [2.24, 2.45) is 5.92 Å². The SMILES string of the molecule is CC(C)CC1=C(C(NC2CCCCC2)c2ccccc2[SiH3])CC=C1. The summed E-state index contributed by atoms with van der Waals surface area (Å²) in [5.74, 6) is 0.722. The van der Waals surface area contributed by atoms with Gasteiger partial charge in [-0.3, -0.25) is 0 Å². The molecule has 0 heterocycles. The van der Waals surface area contributed by atoms with Crippen LogP contribution in [-0.2, 0) is 0 Å². The van der Waals surface area contributed by atoms with E-state index in [2.05, 4.69) is 55.6 Å². The second kappa shape index (κ2) is 8.31. The Morgan fingerprint density at radius 1 is 1.12 bits per heavy atom. The van der Waals surface area contributed by atoms with Gasteiger partial charge in [0.15, 0.2) is 0 Å². The minimum Gasteiger partial charge on any atom is -0.304 e. The summed E-state index contributed by atoms with van der Waals surface area (Å²) in [5, 5.41) is 5.63. The molecule has 0 spiro atoms. The lowest BCUT2D eigenvalue weighted by atomic mass is 9.89. The molecule has 1 atom stereocenters. The van der Waals surface area contributed by atoms with Crippen LogP contribution in [0.1, 0.15) is 70.4 Å². The summed E-state index contributed by atoms with van der Waals surface area (Å²) in [7, 11) is 1.12. The van der Waals surface area contributed by atoms with Gasteiger partial charge in [-0.05, 0) is 48.3 Å². The zero-order valence-corrected chi connectivity index (χ0v) is 17.6. The Morgan fingerprint density at radius 3 is 2.58 bits per heavy atom. The normalized spacial score (nSPS) is 20.3. The van der Waals surface area contributed by atoms with Crippen molar-refractivity contribution in [3.63, 3.8) is 0 Å². The van der Waals surface area contributed by atoms with Crippen molar-refractivity contribution >= 4 is 15.4 Å². The molecule has 0 amide bonds. The van der Waals surface area contributed by atoms with Gasteiger partial charge in [0, 0.05) is 16.3 Å². The van der Waals surface area contributed by atoms with Crippen LogP contribution in [0.2, 0.25) is 0 Å². The molecule has 0 aliphatic heterocycles. The van der Waals surface area contributed by atoms with Crippen molar-refractivity contribution in [3.8, 4) is 0 Å². The molecule has 24 heavy (non-hydrogen) atoms. The standard InChI is InChI=1S/C22H33NSi/c1-16(2)15-17-9-8-13-19(17)22(20-12-6-7-14-21(20)24)23-18-10-4-3-5-11-18/h6-9,12,14,16,18,22-23H,3-5,10-11,13,15H2,1-2,24H3. The van der Waals surface area contributed by atoms with E-state index in [-0.39, 0.29) is 0 Å². The molecule has 1 unspecified atom stereocenters. The van der Waals surface area contributed by atoms with Crippen LogP contribution in [0.25, 0.3) is 0 Å². The summed E-state index contributed by atoms with van der Waals surface area (Å²) in [6.45, 7) is 4.67. The smallest absolute Gasteiger partial charge is 0.0545 e. The fraction of sp³-hybridized carbons (Fsp3) is 0.545. The van der Waals surface area contributed by atoms with Gasteiger partial charge >= 0.3 is 0 Å². The molecule has 2 aliphatic carbocycles. The minimum atomic E-state index is 0.422. The first-order valence-electron chi connectivity index (χ1n) is 9.85. The average Bonchev–Trinajstić information content (AvgIpc) is 3.01. The monoisotopic (exact) mass is 339 g/mol. The molecule has 1 N–H and O–H groups in total. The summed E-state index contributed by atoms with van der Waals surface area (Å²) in [4.78, 5) is 0. The highest BCUT2D eigenvalue weighted by atomic mass is 28.1. The highest BCUT2D eigenvalue weighted by Gasteiger charge is 2.26. The van der Waals surface area contributed by atoms with Gasteiger partial charge in [0.05, 0.1) is 6.04 Å². The lowest BCUT2D eigenvalue weighted by Crippen LogP contribution is -2.37. The van der Waals surface area contributed by atoms with E-state index in [1.165, 1.54) is 44.1 Å². The Labute approximate surface area is 151 Å². The number of allylic oxidation sites excluding steroid dienone is 3. The van der Waals surface area contributed by atoms with Crippen LogP contribution in [0, 0.1) is 5.92 Å². The molecule has 1 saturated carbocycles. The molecule has 0 bridgehead atoms. The third kappa shape index (κ3) is 4.28. The predicted molar refractivity (Wildman–Crippen MR) is 109 cm³/mol. The van der Waals surface area contributed by atoms with Gasteiger partial charge < -0.3 is 5.32 Å². The van der Waals surface area contributed by atoms with Gasteiger partial charge in [0.25, 0.3) is 0 Å². The molecular formula is C22H33NSi. The molecular weight excluding hydrogens is 306 g/mol. The maximum Gasteiger partial charge on any atom is 0.0545 e. The van der Waals surface area contributed by atoms with Crippen molar-refractivity contribution in [1.82, 2.24) is 5.32 Å². The third-order valence-electron chi connectivity index (χ3n) is 5.55. The van der Waals surface area contributed by atoms with Crippen LogP contribution in [-0.4, -0.2) is 16.3 Å². The van der Waals surface area contributed by atoms with Crippen LogP contribution < -0.4 is 10.5 Å². The van der Waals surface area contributed by atoms with Crippen molar-refractivity contribution in [2.75, 3.05) is 0 Å². The van der Waals surface area contributed by atoms with Crippen molar-refractivity contribution in [2.45, 2.75) is 70.9 Å². The first-order valence-corrected chi connectivity index (χ1v) is 10.8. The summed E-state index contributed by atoms with van der Waals surface area (Å²) in [6.07, 6.45) is 14.0. The molecule has 130 valence electrons. The van der Waals surface area contributed by atoms with Gasteiger partial charge in [-0.15, -0.1) is 0 Å². The van der Waals surface area contributed by atoms with E-state index in [9.17, 15) is 0 Å². The van der Waals surface area contributed by atoms with E-state index in [4.69, 9.17) is 0 Å². The van der Waals surface area contributed by atoms with E-state index in [0.717, 1.165) is 22.6 Å². The zero-order valence-electron chi connectivity index (χ0n) is 15.6. The van der Waals surface area contributed by atoms with E-state index in [1.54, 1.807) is 16.3 Å². The van der Waals surface area contributed by atoms with Gasteiger partial charge in [0.2, 0.25) is 0 Å². The molecule has 0 radical (unpaired) electrons. The molecule has 1 aromatic carbocycles.